The van der Waals surface area contributed by atoms with Crippen LogP contribution in [-0.4, -0.2) is 58.7 Å². The van der Waals surface area contributed by atoms with E-state index in [-0.39, 0.29) is 11.1 Å². The normalized spacial score (nSPS) is 18.2. The molecule has 0 saturated carbocycles. The molecule has 0 bridgehead atoms. The van der Waals surface area contributed by atoms with Gasteiger partial charge < -0.3 is 4.90 Å². The second-order valence-corrected chi connectivity index (χ2v) is 9.70. The summed E-state index contributed by atoms with van der Waals surface area (Å²) < 4.78 is 0. The van der Waals surface area contributed by atoms with E-state index in [1.165, 1.54) is 24.2 Å². The third-order valence-electron chi connectivity index (χ3n) is 6.32. The Morgan fingerprint density at radius 1 is 1.06 bits per heavy atom. The summed E-state index contributed by atoms with van der Waals surface area (Å²) in [5.41, 5.74) is 6.05. The quantitative estimate of drug-likeness (QED) is 0.548. The van der Waals surface area contributed by atoms with Gasteiger partial charge in [0.25, 0.3) is 11.1 Å². The number of aromatic nitrogens is 2. The van der Waals surface area contributed by atoms with Gasteiger partial charge in [0.2, 0.25) is 0 Å². The Balaban J connectivity index is 1.45. The molecule has 0 radical (unpaired) electrons. The molecule has 0 spiro atoms. The number of benzene rings is 2. The molecule has 2 aromatic carbocycles. The van der Waals surface area contributed by atoms with Crippen LogP contribution in [0.15, 0.2) is 47.6 Å². The molecule has 0 aliphatic carbocycles. The largest absolute Gasteiger partial charge is 0.369 e. The van der Waals surface area contributed by atoms with Crippen molar-refractivity contribution in [3.8, 4) is 11.3 Å². The number of fused-ring (bicyclic) bond motifs is 1. The summed E-state index contributed by atoms with van der Waals surface area (Å²) in [5, 5.41) is 2.86. The molecular formula is C26H27N5O2S. The number of piperazine rings is 1. The predicted octanol–water partition coefficient (Wildman–Crippen LogP) is 4.46. The fourth-order valence-corrected chi connectivity index (χ4v) is 5.33. The Hall–Kier alpha value is -3.23. The lowest BCUT2D eigenvalue weighted by atomic mass is 10.0. The number of hydrogen-bond donors (Lipinski definition) is 1. The molecule has 2 fully saturated rings. The van der Waals surface area contributed by atoms with Crippen molar-refractivity contribution in [2.75, 3.05) is 37.6 Å². The first-order valence-electron chi connectivity index (χ1n) is 11.6. The maximum atomic E-state index is 11.9. The van der Waals surface area contributed by atoms with Crippen molar-refractivity contribution in [3.63, 3.8) is 0 Å². The summed E-state index contributed by atoms with van der Waals surface area (Å²) in [6.07, 6.45) is 4.52. The number of hydrogen-bond acceptors (Lipinski definition) is 7. The maximum absolute atomic E-state index is 11.9. The van der Waals surface area contributed by atoms with Crippen LogP contribution in [-0.2, 0) is 4.79 Å². The van der Waals surface area contributed by atoms with Crippen molar-refractivity contribution >= 4 is 45.6 Å². The fraction of sp³-hybridized carbons (Fsp3) is 0.308. The number of nitrogens with zero attached hydrogens (tertiary/aromatic N) is 4. The average molecular weight is 474 g/mol. The van der Waals surface area contributed by atoms with E-state index in [0.717, 1.165) is 65.7 Å². The summed E-state index contributed by atoms with van der Waals surface area (Å²) in [5.74, 6) is -0.360. The van der Waals surface area contributed by atoms with Crippen LogP contribution in [0.5, 0.6) is 0 Å². The number of nitrogens with one attached hydrogen (secondary N) is 1. The van der Waals surface area contributed by atoms with Crippen LogP contribution in [0.2, 0.25) is 0 Å². The van der Waals surface area contributed by atoms with E-state index in [1.54, 1.807) is 12.4 Å². The number of carbonyl (C=O) groups is 2. The Bertz CT molecular complexity index is 1300. The van der Waals surface area contributed by atoms with E-state index in [1.807, 2.05) is 18.2 Å². The molecular weight excluding hydrogens is 446 g/mol. The van der Waals surface area contributed by atoms with Crippen molar-refractivity contribution < 1.29 is 9.59 Å². The van der Waals surface area contributed by atoms with Gasteiger partial charge in [-0.1, -0.05) is 19.1 Å². The SMILES string of the molecule is CCCN1CCN(c2ccc(-c3ncnc4ccc(C=C5SC(=O)NC5=O)cc34)cc2C)CC1. The first kappa shape index (κ1) is 22.6. The molecule has 3 heterocycles. The number of aryl methyl sites for hydroxylation is 1. The molecule has 8 heteroatoms. The molecule has 2 aliphatic rings. The second kappa shape index (κ2) is 9.56. The second-order valence-electron chi connectivity index (χ2n) is 8.68. The third kappa shape index (κ3) is 4.56. The molecule has 0 unspecified atom stereocenters. The molecule has 0 atom stereocenters. The summed E-state index contributed by atoms with van der Waals surface area (Å²) in [6, 6.07) is 12.3. The first-order chi connectivity index (χ1) is 16.5. The zero-order valence-electron chi connectivity index (χ0n) is 19.4. The lowest BCUT2D eigenvalue weighted by Crippen LogP contribution is -2.46. The van der Waals surface area contributed by atoms with Crippen LogP contribution < -0.4 is 10.2 Å². The number of imide groups is 1. The van der Waals surface area contributed by atoms with Crippen LogP contribution >= 0.6 is 11.8 Å². The summed E-state index contributed by atoms with van der Waals surface area (Å²) in [6.45, 7) is 9.86. The molecule has 3 aromatic rings. The summed E-state index contributed by atoms with van der Waals surface area (Å²) >= 11 is 0.917. The standard InChI is InChI=1S/C26H27N5O2S/c1-3-8-30-9-11-31(12-10-30)22-7-5-19(13-17(22)2)24-20-14-18(4-6-21(20)27-16-28-24)15-23-25(32)29-26(33)34-23/h4-7,13-16H,3,8-12H2,1-2H3,(H,29,32,33). The molecule has 5 rings (SSSR count). The highest BCUT2D eigenvalue weighted by Gasteiger charge is 2.25. The van der Waals surface area contributed by atoms with Crippen molar-refractivity contribution in [1.82, 2.24) is 20.2 Å². The van der Waals surface area contributed by atoms with Crippen LogP contribution in [0.25, 0.3) is 28.2 Å². The molecule has 2 saturated heterocycles. The topological polar surface area (TPSA) is 78.4 Å². The van der Waals surface area contributed by atoms with E-state index in [2.05, 4.69) is 57.1 Å². The predicted molar refractivity (Wildman–Crippen MR) is 138 cm³/mol. The van der Waals surface area contributed by atoms with Crippen molar-refractivity contribution in [1.29, 1.82) is 0 Å². The lowest BCUT2D eigenvalue weighted by molar-refractivity contribution is -0.115. The molecule has 7 nitrogen and oxygen atoms in total. The van der Waals surface area contributed by atoms with E-state index < -0.39 is 0 Å². The van der Waals surface area contributed by atoms with Gasteiger partial charge >= 0.3 is 0 Å². The smallest absolute Gasteiger partial charge is 0.290 e. The molecule has 34 heavy (non-hydrogen) atoms. The minimum atomic E-state index is -0.360. The van der Waals surface area contributed by atoms with Crippen LogP contribution in [0.3, 0.4) is 0 Å². The van der Waals surface area contributed by atoms with Gasteiger partial charge in [0.1, 0.15) is 6.33 Å². The molecule has 2 aliphatic heterocycles. The summed E-state index contributed by atoms with van der Waals surface area (Å²) in [4.78, 5) is 37.8. The van der Waals surface area contributed by atoms with Crippen molar-refractivity contribution in [2.45, 2.75) is 20.3 Å². The van der Waals surface area contributed by atoms with E-state index in [9.17, 15) is 9.59 Å². The monoisotopic (exact) mass is 473 g/mol. The highest BCUT2D eigenvalue weighted by Crippen LogP contribution is 2.32. The number of anilines is 1. The maximum Gasteiger partial charge on any atom is 0.290 e. The van der Waals surface area contributed by atoms with Crippen LogP contribution in [0.4, 0.5) is 10.5 Å². The minimum absolute atomic E-state index is 0.344. The molecule has 1 N–H and O–H groups in total. The van der Waals surface area contributed by atoms with Gasteiger partial charge in [0.05, 0.1) is 16.1 Å². The van der Waals surface area contributed by atoms with Crippen molar-refractivity contribution in [2.24, 2.45) is 0 Å². The number of carbonyl (C=O) groups excluding carboxylic acids is 2. The Kier molecular flexibility index (Phi) is 6.34. The van der Waals surface area contributed by atoms with Gasteiger partial charge in [-0.2, -0.15) is 0 Å². The fourth-order valence-electron chi connectivity index (χ4n) is 4.65. The molecule has 1 aromatic heterocycles. The van der Waals surface area contributed by atoms with E-state index >= 15 is 0 Å². The number of amides is 2. The average Bonchev–Trinajstić information content (AvgIpc) is 3.15. The minimum Gasteiger partial charge on any atom is -0.369 e. The van der Waals surface area contributed by atoms with Gasteiger partial charge in [0.15, 0.2) is 0 Å². The van der Waals surface area contributed by atoms with E-state index in [0.29, 0.717) is 4.91 Å². The molecule has 2 amide bonds. The number of thioether (sulfide) groups is 1. The highest BCUT2D eigenvalue weighted by molar-refractivity contribution is 8.18. The van der Waals surface area contributed by atoms with E-state index in [4.69, 9.17) is 0 Å². The van der Waals surface area contributed by atoms with Gasteiger partial charge in [0, 0.05) is 42.8 Å². The van der Waals surface area contributed by atoms with Gasteiger partial charge in [-0.25, -0.2) is 9.97 Å². The van der Waals surface area contributed by atoms with Crippen LogP contribution in [0.1, 0.15) is 24.5 Å². The first-order valence-corrected chi connectivity index (χ1v) is 12.4. The zero-order chi connectivity index (χ0) is 23.7. The zero-order valence-corrected chi connectivity index (χ0v) is 20.2. The Labute approximate surface area is 203 Å². The Morgan fingerprint density at radius 2 is 1.88 bits per heavy atom. The Morgan fingerprint density at radius 3 is 2.59 bits per heavy atom. The third-order valence-corrected chi connectivity index (χ3v) is 7.13. The molecule has 174 valence electrons. The van der Waals surface area contributed by atoms with Gasteiger partial charge in [-0.05, 0) is 73.1 Å². The lowest BCUT2D eigenvalue weighted by Gasteiger charge is -2.36. The highest BCUT2D eigenvalue weighted by atomic mass is 32.2. The van der Waals surface area contributed by atoms with Crippen molar-refractivity contribution in [3.05, 3.63) is 58.8 Å². The van der Waals surface area contributed by atoms with Gasteiger partial charge in [-0.15, -0.1) is 0 Å². The van der Waals surface area contributed by atoms with Gasteiger partial charge in [-0.3, -0.25) is 19.8 Å². The van der Waals surface area contributed by atoms with Crippen LogP contribution in [0, 0.1) is 6.92 Å². The summed E-state index contributed by atoms with van der Waals surface area (Å²) in [7, 11) is 0. The number of rotatable bonds is 5.